The molecule has 4 rings (SSSR count). The predicted octanol–water partition coefficient (Wildman–Crippen LogP) is 5.86. The Hall–Kier alpha value is -3.71. The second-order valence-electron chi connectivity index (χ2n) is 6.91. The number of anilines is 2. The van der Waals surface area contributed by atoms with E-state index in [2.05, 4.69) is 10.6 Å². The van der Waals surface area contributed by atoms with Gasteiger partial charge in [-0.2, -0.15) is 0 Å². The van der Waals surface area contributed by atoms with Crippen LogP contribution in [0.15, 0.2) is 66.7 Å². The van der Waals surface area contributed by atoms with Gasteiger partial charge < -0.3 is 15.4 Å². The Kier molecular flexibility index (Phi) is 5.68. The van der Waals surface area contributed by atoms with Crippen molar-refractivity contribution in [2.24, 2.45) is 0 Å². The molecule has 0 spiro atoms. The highest BCUT2D eigenvalue weighted by Crippen LogP contribution is 2.32. The molecule has 5 nitrogen and oxygen atoms in total. The fourth-order valence-electron chi connectivity index (χ4n) is 3.18. The van der Waals surface area contributed by atoms with Crippen LogP contribution in [-0.4, -0.2) is 18.9 Å². The van der Waals surface area contributed by atoms with E-state index in [9.17, 15) is 14.0 Å². The number of methoxy groups -OCH3 is 1. The molecule has 0 saturated carbocycles. The normalized spacial score (nSPS) is 10.7. The first-order valence-corrected chi connectivity index (χ1v) is 10.3. The van der Waals surface area contributed by atoms with Crippen LogP contribution in [0.3, 0.4) is 0 Å². The number of amides is 2. The van der Waals surface area contributed by atoms with Gasteiger partial charge in [0.1, 0.15) is 11.6 Å². The van der Waals surface area contributed by atoms with Gasteiger partial charge in [-0.15, -0.1) is 11.3 Å². The average Bonchev–Trinajstić information content (AvgIpc) is 3.10. The number of nitrogens with one attached hydrogen (secondary N) is 2. The number of halogens is 1. The zero-order valence-electron chi connectivity index (χ0n) is 16.9. The minimum Gasteiger partial charge on any atom is -0.497 e. The highest BCUT2D eigenvalue weighted by Gasteiger charge is 2.16. The summed E-state index contributed by atoms with van der Waals surface area (Å²) in [7, 11) is 1.58. The van der Waals surface area contributed by atoms with Gasteiger partial charge in [0.25, 0.3) is 11.8 Å². The third kappa shape index (κ3) is 4.41. The lowest BCUT2D eigenvalue weighted by atomic mass is 10.1. The molecule has 0 unspecified atom stereocenters. The number of ether oxygens (including phenoxy) is 1. The fraction of sp³-hybridized carbons (Fsp3) is 0.0833. The Morgan fingerprint density at radius 1 is 0.871 bits per heavy atom. The van der Waals surface area contributed by atoms with Crippen LogP contribution in [0, 0.1) is 12.7 Å². The van der Waals surface area contributed by atoms with E-state index >= 15 is 0 Å². The van der Waals surface area contributed by atoms with Crippen LogP contribution in [0.5, 0.6) is 5.75 Å². The first-order chi connectivity index (χ1) is 14.9. The molecule has 2 amide bonds. The van der Waals surface area contributed by atoms with Gasteiger partial charge in [-0.05, 0) is 84.6 Å². The number of benzene rings is 3. The van der Waals surface area contributed by atoms with Crippen molar-refractivity contribution in [3.8, 4) is 5.75 Å². The second kappa shape index (κ2) is 8.57. The fourth-order valence-corrected chi connectivity index (χ4v) is 4.26. The summed E-state index contributed by atoms with van der Waals surface area (Å²) in [4.78, 5) is 25.7. The zero-order valence-corrected chi connectivity index (χ0v) is 17.7. The molecular formula is C24H19FN2O3S. The molecule has 3 aromatic carbocycles. The molecule has 0 aliphatic rings. The van der Waals surface area contributed by atoms with Crippen LogP contribution < -0.4 is 15.4 Å². The molecule has 156 valence electrons. The number of fused-ring (bicyclic) bond motifs is 1. The largest absolute Gasteiger partial charge is 0.497 e. The van der Waals surface area contributed by atoms with E-state index in [-0.39, 0.29) is 17.6 Å². The minimum absolute atomic E-state index is 0.259. The number of rotatable bonds is 5. The molecule has 4 aromatic rings. The molecule has 2 N–H and O–H groups in total. The number of thiophene rings is 1. The monoisotopic (exact) mass is 434 g/mol. The summed E-state index contributed by atoms with van der Waals surface area (Å²) in [5.41, 5.74) is 2.42. The quantitative estimate of drug-likeness (QED) is 0.413. The Balaban J connectivity index is 1.45. The zero-order chi connectivity index (χ0) is 22.0. The number of hydrogen-bond donors (Lipinski definition) is 2. The van der Waals surface area contributed by atoms with Crippen LogP contribution in [0.2, 0.25) is 0 Å². The highest BCUT2D eigenvalue weighted by atomic mass is 32.1. The van der Waals surface area contributed by atoms with Gasteiger partial charge in [0.05, 0.1) is 12.0 Å². The molecule has 1 aromatic heterocycles. The van der Waals surface area contributed by atoms with E-state index in [1.165, 1.54) is 23.5 Å². The van der Waals surface area contributed by atoms with Crippen LogP contribution in [-0.2, 0) is 0 Å². The van der Waals surface area contributed by atoms with Crippen LogP contribution in [0.1, 0.15) is 25.6 Å². The van der Waals surface area contributed by atoms with Crippen LogP contribution in [0.4, 0.5) is 15.8 Å². The smallest absolute Gasteiger partial charge is 0.266 e. The maximum Gasteiger partial charge on any atom is 0.266 e. The molecule has 0 radical (unpaired) electrons. The maximum absolute atomic E-state index is 13.5. The predicted molar refractivity (Wildman–Crippen MR) is 122 cm³/mol. The van der Waals surface area contributed by atoms with Gasteiger partial charge in [-0.25, -0.2) is 4.39 Å². The van der Waals surface area contributed by atoms with Crippen molar-refractivity contribution in [3.05, 3.63) is 88.6 Å². The van der Waals surface area contributed by atoms with Crippen molar-refractivity contribution in [2.45, 2.75) is 6.92 Å². The maximum atomic E-state index is 13.5. The van der Waals surface area contributed by atoms with Crippen LogP contribution in [0.25, 0.3) is 10.1 Å². The summed E-state index contributed by atoms with van der Waals surface area (Å²) >= 11 is 1.32. The number of carbonyl (C=O) groups is 2. The molecule has 7 heteroatoms. The Bertz CT molecular complexity index is 1260. The van der Waals surface area contributed by atoms with Gasteiger partial charge in [0, 0.05) is 21.6 Å². The second-order valence-corrected chi connectivity index (χ2v) is 7.96. The summed E-state index contributed by atoms with van der Waals surface area (Å²) in [6, 6.07) is 18.2. The summed E-state index contributed by atoms with van der Waals surface area (Å²) in [5.74, 6) is -0.152. The third-order valence-corrected chi connectivity index (χ3v) is 6.13. The molecule has 0 bridgehead atoms. The minimum atomic E-state index is -0.330. The molecule has 0 saturated heterocycles. The van der Waals surface area contributed by atoms with Crippen molar-refractivity contribution < 1.29 is 18.7 Å². The molecule has 0 aliphatic heterocycles. The van der Waals surface area contributed by atoms with Crippen molar-refractivity contribution in [2.75, 3.05) is 17.7 Å². The number of carbonyl (C=O) groups excluding carboxylic acids is 2. The van der Waals surface area contributed by atoms with Crippen molar-refractivity contribution in [3.63, 3.8) is 0 Å². The molecule has 31 heavy (non-hydrogen) atoms. The average molecular weight is 434 g/mol. The van der Waals surface area contributed by atoms with Gasteiger partial charge in [0.2, 0.25) is 0 Å². The highest BCUT2D eigenvalue weighted by molar-refractivity contribution is 7.21. The van der Waals surface area contributed by atoms with Crippen molar-refractivity contribution in [1.29, 1.82) is 0 Å². The summed E-state index contributed by atoms with van der Waals surface area (Å²) < 4.78 is 19.5. The Labute approximate surface area is 182 Å². The lowest BCUT2D eigenvalue weighted by molar-refractivity contribution is 0.102. The standard InChI is InChI=1S/C24H19FN2O3S/c1-14-20-13-16(25)5-12-21(20)31-22(14)24(29)27-17-6-3-15(4-7-17)23(28)26-18-8-10-19(30-2)11-9-18/h3-13H,1-2H3,(H,26,28)(H,27,29). The summed E-state index contributed by atoms with van der Waals surface area (Å²) in [6.45, 7) is 1.81. The Morgan fingerprint density at radius 3 is 2.13 bits per heavy atom. The molecule has 1 heterocycles. The van der Waals surface area contributed by atoms with E-state index in [1.54, 1.807) is 68.6 Å². The summed E-state index contributed by atoms with van der Waals surface area (Å²) in [5, 5.41) is 6.38. The van der Waals surface area contributed by atoms with Gasteiger partial charge in [0.15, 0.2) is 0 Å². The van der Waals surface area contributed by atoms with E-state index in [0.29, 0.717) is 27.6 Å². The van der Waals surface area contributed by atoms with Gasteiger partial charge in [-0.1, -0.05) is 0 Å². The number of hydrogen-bond acceptors (Lipinski definition) is 4. The van der Waals surface area contributed by atoms with Gasteiger partial charge in [-0.3, -0.25) is 9.59 Å². The molecule has 0 atom stereocenters. The van der Waals surface area contributed by atoms with E-state index < -0.39 is 0 Å². The topological polar surface area (TPSA) is 67.4 Å². The molecular weight excluding hydrogens is 415 g/mol. The first-order valence-electron chi connectivity index (χ1n) is 9.50. The van der Waals surface area contributed by atoms with Crippen molar-refractivity contribution in [1.82, 2.24) is 0 Å². The lowest BCUT2D eigenvalue weighted by Gasteiger charge is -2.08. The number of aryl methyl sites for hydroxylation is 1. The first kappa shape index (κ1) is 20.6. The van der Waals surface area contributed by atoms with E-state index in [0.717, 1.165) is 15.6 Å². The molecule has 0 fully saturated rings. The van der Waals surface area contributed by atoms with E-state index in [1.807, 2.05) is 0 Å². The third-order valence-electron chi connectivity index (χ3n) is 4.86. The molecule has 0 aliphatic carbocycles. The van der Waals surface area contributed by atoms with Crippen LogP contribution >= 0.6 is 11.3 Å². The van der Waals surface area contributed by atoms with E-state index in [4.69, 9.17) is 4.74 Å². The SMILES string of the molecule is COc1ccc(NC(=O)c2ccc(NC(=O)c3sc4ccc(F)cc4c3C)cc2)cc1. The Morgan fingerprint density at radius 2 is 1.48 bits per heavy atom. The summed E-state index contributed by atoms with van der Waals surface area (Å²) in [6.07, 6.45) is 0. The van der Waals surface area contributed by atoms with Gasteiger partial charge >= 0.3 is 0 Å². The van der Waals surface area contributed by atoms with Crippen molar-refractivity contribution >= 4 is 44.6 Å². The lowest BCUT2D eigenvalue weighted by Crippen LogP contribution is -2.13.